The molecular formula is C23H21ClFN5O2. The molecule has 32 heavy (non-hydrogen) atoms. The number of nitrogens with one attached hydrogen (secondary N) is 3. The molecule has 0 radical (unpaired) electrons. The van der Waals surface area contributed by atoms with Gasteiger partial charge in [-0.1, -0.05) is 47.6 Å². The number of anilines is 3. The molecular weight excluding hydrogens is 433 g/mol. The number of H-pyrrole nitrogens is 1. The molecule has 0 aliphatic carbocycles. The number of hydrogen-bond donors (Lipinski definition) is 3. The Labute approximate surface area is 190 Å². The van der Waals surface area contributed by atoms with Gasteiger partial charge < -0.3 is 33.3 Å². The average Bonchev–Trinajstić information content (AvgIpc) is 3.17. The van der Waals surface area contributed by atoms with Crippen LogP contribution in [0.1, 0.15) is 21.7 Å². The van der Waals surface area contributed by atoms with Gasteiger partial charge in [-0.2, -0.15) is 0 Å². The van der Waals surface area contributed by atoms with Gasteiger partial charge in [0.15, 0.2) is 0 Å². The molecule has 0 bridgehead atoms. The molecule has 4 rings (SSSR count). The number of rotatable bonds is 6. The summed E-state index contributed by atoms with van der Waals surface area (Å²) in [7, 11) is 0. The normalized spacial score (nSPS) is 10.3. The molecule has 0 atom stereocenters. The number of aromatic nitrogens is 2. The highest BCUT2D eigenvalue weighted by atomic mass is 35.5. The number of hydrogen-bond acceptors (Lipinski definition) is 5. The molecule has 0 fully saturated rings. The molecule has 0 aliphatic rings. The summed E-state index contributed by atoms with van der Waals surface area (Å²) in [5.41, 5.74) is 9.05. The smallest absolute Gasteiger partial charge is 0.261 e. The highest BCUT2D eigenvalue weighted by Crippen LogP contribution is 2.26. The number of amides is 1. The van der Waals surface area contributed by atoms with Crippen LogP contribution in [-0.2, 0) is 6.54 Å². The van der Waals surface area contributed by atoms with Crippen LogP contribution in [0, 0.1) is 12.7 Å². The summed E-state index contributed by atoms with van der Waals surface area (Å²) < 4.78 is 18.3. The number of benzene rings is 2. The zero-order valence-electron chi connectivity index (χ0n) is 17.2. The summed E-state index contributed by atoms with van der Waals surface area (Å²) in [5, 5.41) is 10.0. The minimum absolute atomic E-state index is 0. The van der Waals surface area contributed by atoms with Crippen LogP contribution in [0.4, 0.5) is 21.7 Å². The molecule has 0 saturated carbocycles. The Hall–Kier alpha value is -3.91. The van der Waals surface area contributed by atoms with E-state index < -0.39 is 0 Å². The number of pyridine rings is 1. The highest BCUT2D eigenvalue weighted by Gasteiger charge is 2.22. The molecule has 9 heteroatoms. The van der Waals surface area contributed by atoms with Crippen molar-refractivity contribution in [1.82, 2.24) is 5.16 Å². The lowest BCUT2D eigenvalue weighted by Gasteiger charge is -2.08. The Bertz CT molecular complexity index is 1210. The number of aromatic amines is 1. The molecule has 164 valence electrons. The van der Waals surface area contributed by atoms with Gasteiger partial charge in [-0.05, 0) is 30.7 Å². The minimum atomic E-state index is -0.371. The fourth-order valence-electron chi connectivity index (χ4n) is 3.14. The van der Waals surface area contributed by atoms with E-state index in [0.717, 1.165) is 11.1 Å². The maximum atomic E-state index is 13.0. The van der Waals surface area contributed by atoms with Crippen molar-refractivity contribution in [2.24, 2.45) is 0 Å². The number of nitrogen functional groups attached to an aromatic ring is 1. The van der Waals surface area contributed by atoms with Crippen molar-refractivity contribution in [2.75, 3.05) is 16.4 Å². The summed E-state index contributed by atoms with van der Waals surface area (Å²) >= 11 is 0. The van der Waals surface area contributed by atoms with Crippen LogP contribution in [0.3, 0.4) is 0 Å². The molecule has 2 heterocycles. The first-order valence-electron chi connectivity index (χ1n) is 9.64. The number of nitrogens with two attached hydrogens (primary N) is 1. The Morgan fingerprint density at radius 1 is 1.09 bits per heavy atom. The fraction of sp³-hybridized carbons (Fsp3) is 0.0870. The zero-order chi connectivity index (χ0) is 21.8. The Kier molecular flexibility index (Phi) is 7.07. The van der Waals surface area contributed by atoms with E-state index in [1.165, 1.54) is 12.1 Å². The quantitative estimate of drug-likeness (QED) is 0.404. The van der Waals surface area contributed by atoms with Gasteiger partial charge in [-0.3, -0.25) is 4.79 Å². The van der Waals surface area contributed by atoms with Crippen LogP contribution in [0.5, 0.6) is 0 Å². The predicted octanol–water partition coefficient (Wildman–Crippen LogP) is 1.05. The van der Waals surface area contributed by atoms with Gasteiger partial charge in [0.05, 0.1) is 6.54 Å². The first-order chi connectivity index (χ1) is 15.0. The van der Waals surface area contributed by atoms with Gasteiger partial charge in [-0.15, -0.1) is 0 Å². The van der Waals surface area contributed by atoms with Crippen molar-refractivity contribution in [3.63, 3.8) is 0 Å². The number of aryl methyl sites for hydroxylation is 1. The van der Waals surface area contributed by atoms with E-state index in [-0.39, 0.29) is 29.9 Å². The van der Waals surface area contributed by atoms with Crippen molar-refractivity contribution in [3.8, 4) is 11.3 Å². The topological polar surface area (TPSA) is 107 Å². The van der Waals surface area contributed by atoms with Crippen LogP contribution in [-0.4, -0.2) is 11.1 Å². The SMILES string of the molecule is Cc1onc(-c2ccccc2)c1C(=O)Nc1ccc(NCc2ccc(F)cc2)[nH+]c1N.[Cl-]. The average molecular weight is 454 g/mol. The summed E-state index contributed by atoms with van der Waals surface area (Å²) in [6.45, 7) is 2.18. The molecule has 2 aromatic carbocycles. The summed E-state index contributed by atoms with van der Waals surface area (Å²) in [6, 6.07) is 19.0. The Morgan fingerprint density at radius 3 is 2.50 bits per heavy atom. The third-order valence-corrected chi connectivity index (χ3v) is 4.76. The summed E-state index contributed by atoms with van der Waals surface area (Å²) in [4.78, 5) is 15.9. The van der Waals surface area contributed by atoms with E-state index in [4.69, 9.17) is 10.3 Å². The highest BCUT2D eigenvalue weighted by molar-refractivity contribution is 6.09. The van der Waals surface area contributed by atoms with Gasteiger partial charge in [0.2, 0.25) is 11.6 Å². The van der Waals surface area contributed by atoms with Gasteiger partial charge in [-0.25, -0.2) is 9.37 Å². The second-order valence-corrected chi connectivity index (χ2v) is 6.96. The molecule has 0 spiro atoms. The molecule has 7 nitrogen and oxygen atoms in total. The number of carbonyl (C=O) groups excluding carboxylic acids is 1. The lowest BCUT2D eigenvalue weighted by atomic mass is 10.1. The second-order valence-electron chi connectivity index (χ2n) is 6.96. The number of carbonyl (C=O) groups is 1. The van der Waals surface area contributed by atoms with Gasteiger partial charge in [0, 0.05) is 11.6 Å². The van der Waals surface area contributed by atoms with Crippen LogP contribution < -0.4 is 33.8 Å². The van der Waals surface area contributed by atoms with Gasteiger partial charge in [0.1, 0.15) is 28.5 Å². The van der Waals surface area contributed by atoms with Crippen molar-refractivity contribution >= 4 is 23.2 Å². The van der Waals surface area contributed by atoms with Gasteiger partial charge >= 0.3 is 0 Å². The van der Waals surface area contributed by atoms with Crippen molar-refractivity contribution < 1.29 is 31.1 Å². The second kappa shape index (κ2) is 9.93. The Morgan fingerprint density at radius 2 is 1.81 bits per heavy atom. The molecule has 2 aromatic heterocycles. The molecule has 0 aliphatic heterocycles. The van der Waals surface area contributed by atoms with Crippen LogP contribution in [0.25, 0.3) is 11.3 Å². The molecule has 0 saturated heterocycles. The summed E-state index contributed by atoms with van der Waals surface area (Å²) in [5.74, 6) is 0.707. The van der Waals surface area contributed by atoms with Crippen molar-refractivity contribution in [2.45, 2.75) is 13.5 Å². The van der Waals surface area contributed by atoms with Crippen LogP contribution >= 0.6 is 0 Å². The lowest BCUT2D eigenvalue weighted by molar-refractivity contribution is -0.342. The van der Waals surface area contributed by atoms with Crippen LogP contribution in [0.2, 0.25) is 0 Å². The van der Waals surface area contributed by atoms with E-state index in [1.807, 2.05) is 30.3 Å². The van der Waals surface area contributed by atoms with E-state index in [0.29, 0.717) is 35.1 Å². The number of halogens is 2. The molecule has 4 aromatic rings. The summed E-state index contributed by atoms with van der Waals surface area (Å²) in [6.07, 6.45) is 0. The van der Waals surface area contributed by atoms with E-state index >= 15 is 0 Å². The van der Waals surface area contributed by atoms with Crippen LogP contribution in [0.15, 0.2) is 71.3 Å². The lowest BCUT2D eigenvalue weighted by Crippen LogP contribution is -3.00. The van der Waals surface area contributed by atoms with E-state index in [1.54, 1.807) is 31.2 Å². The van der Waals surface area contributed by atoms with Crippen molar-refractivity contribution in [1.29, 1.82) is 0 Å². The first-order valence-corrected chi connectivity index (χ1v) is 9.64. The maximum Gasteiger partial charge on any atom is 0.261 e. The number of nitrogens with zero attached hydrogens (tertiary/aromatic N) is 1. The monoisotopic (exact) mass is 453 g/mol. The van der Waals surface area contributed by atoms with Gasteiger partial charge in [0.25, 0.3) is 5.91 Å². The minimum Gasteiger partial charge on any atom is -1.00 e. The molecule has 1 amide bonds. The largest absolute Gasteiger partial charge is 1.00 e. The fourth-order valence-corrected chi connectivity index (χ4v) is 3.14. The molecule has 5 N–H and O–H groups in total. The maximum absolute atomic E-state index is 13.0. The predicted molar refractivity (Wildman–Crippen MR) is 116 cm³/mol. The molecule has 0 unspecified atom stereocenters. The standard InChI is InChI=1S/C23H20FN5O2.ClH/c1-14-20(21(29-31-14)16-5-3-2-4-6-16)23(30)27-18-11-12-19(28-22(18)25)26-13-15-7-9-17(24)10-8-15;/h2-12H,13H2,1H3,(H,27,30)(H3,25,26,28);1H. The zero-order valence-corrected chi connectivity index (χ0v) is 17.9. The van der Waals surface area contributed by atoms with E-state index in [2.05, 4.69) is 20.8 Å². The first kappa shape index (κ1) is 22.8. The third-order valence-electron chi connectivity index (χ3n) is 4.76. The third kappa shape index (κ3) is 5.04. The van der Waals surface area contributed by atoms with Crippen molar-refractivity contribution in [3.05, 3.63) is 89.4 Å². The Balaban J connectivity index is 0.00000289. The van der Waals surface area contributed by atoms with E-state index in [9.17, 15) is 9.18 Å².